The van der Waals surface area contributed by atoms with Crippen molar-refractivity contribution in [2.24, 2.45) is 0 Å². The Morgan fingerprint density at radius 3 is 2.17 bits per heavy atom. The molecule has 3 heteroatoms. The summed E-state index contributed by atoms with van der Waals surface area (Å²) in [4.78, 5) is 0. The highest BCUT2D eigenvalue weighted by Crippen LogP contribution is 2.00. The topological polar surface area (TPSA) is 9.23 Å². The largest absolute Gasteiger partial charge is 0.349 e. The van der Waals surface area contributed by atoms with E-state index in [0.717, 1.165) is 0 Å². The van der Waals surface area contributed by atoms with Crippen molar-refractivity contribution < 1.29 is 4.74 Å². The maximum atomic E-state index is 5.08. The molecule has 0 fully saturated rings. The van der Waals surface area contributed by atoms with Gasteiger partial charge in [-0.3, -0.25) is 0 Å². The lowest BCUT2D eigenvalue weighted by Crippen LogP contribution is -1.93. The van der Waals surface area contributed by atoms with E-state index in [9.17, 15) is 0 Å². The fourth-order valence-corrected chi connectivity index (χ4v) is 0.267. The highest BCUT2D eigenvalue weighted by atomic mass is 35.5. The first-order valence-corrected chi connectivity index (χ1v) is 2.33. The summed E-state index contributed by atoms with van der Waals surface area (Å²) in [5.41, 5.74) is 0. The minimum absolute atomic E-state index is 0.317. The summed E-state index contributed by atoms with van der Waals surface area (Å²) in [6, 6.07) is 0. The van der Waals surface area contributed by atoms with Gasteiger partial charge >= 0.3 is 0 Å². The van der Waals surface area contributed by atoms with Gasteiger partial charge in [0.25, 0.3) is 0 Å². The molecule has 1 nitrogen and oxygen atoms in total. The smallest absolute Gasteiger partial charge is 0.206 e. The van der Waals surface area contributed by atoms with Gasteiger partial charge in [0.2, 0.25) is 5.02 Å². The van der Waals surface area contributed by atoms with Crippen molar-refractivity contribution in [3.05, 3.63) is 6.92 Å². The Morgan fingerprint density at radius 2 is 2.17 bits per heavy atom. The fraction of sp³-hybridized carbons (Fsp3) is 0.667. The van der Waals surface area contributed by atoms with Gasteiger partial charge in [-0.2, -0.15) is 0 Å². The van der Waals surface area contributed by atoms with E-state index in [2.05, 4.69) is 11.7 Å². The van der Waals surface area contributed by atoms with Crippen molar-refractivity contribution in [3.8, 4) is 0 Å². The van der Waals surface area contributed by atoms with Crippen molar-refractivity contribution in [1.82, 2.24) is 0 Å². The molecule has 0 amide bonds. The minimum atomic E-state index is -0.720. The van der Waals surface area contributed by atoms with Gasteiger partial charge in [0, 0.05) is 6.61 Å². The molecule has 0 saturated carbocycles. The van der Waals surface area contributed by atoms with Crippen LogP contribution in [0.4, 0.5) is 0 Å². The molecule has 0 unspecified atom stereocenters. The number of hydrogen-bond acceptors (Lipinski definition) is 1. The molecule has 0 heterocycles. The zero-order chi connectivity index (χ0) is 4.99. The van der Waals surface area contributed by atoms with Crippen LogP contribution in [0.2, 0.25) is 0 Å². The molecule has 0 aromatic rings. The molecule has 37 valence electrons. The van der Waals surface area contributed by atoms with Crippen LogP contribution in [0.25, 0.3) is 0 Å². The third-order valence-electron chi connectivity index (χ3n) is 0.244. The van der Waals surface area contributed by atoms with Gasteiger partial charge in [-0.05, 0) is 6.92 Å². The quantitative estimate of drug-likeness (QED) is 0.513. The van der Waals surface area contributed by atoms with Crippen LogP contribution < -0.4 is 0 Å². The molecule has 0 bridgehead atoms. The lowest BCUT2D eigenvalue weighted by atomic mass is 10.9. The summed E-state index contributed by atoms with van der Waals surface area (Å²) in [5, 5.41) is -0.720. The zero-order valence-corrected chi connectivity index (χ0v) is 4.67. The maximum absolute atomic E-state index is 5.08. The highest BCUT2D eigenvalue weighted by molar-refractivity contribution is 6.43. The SMILES string of the molecule is [CH2]COC(Cl)Cl. The molecular formula is C3H5Cl2O. The van der Waals surface area contributed by atoms with E-state index in [1.54, 1.807) is 0 Å². The average molecular weight is 128 g/mol. The molecule has 0 N–H and O–H groups in total. The molecule has 0 aromatic heterocycles. The Hall–Kier alpha value is 0.540. The molecule has 0 aromatic carbocycles. The molecule has 0 spiro atoms. The first kappa shape index (κ1) is 6.54. The van der Waals surface area contributed by atoms with E-state index < -0.39 is 5.02 Å². The van der Waals surface area contributed by atoms with E-state index >= 15 is 0 Å². The predicted octanol–water partition coefficient (Wildman–Crippen LogP) is 1.60. The Kier molecular flexibility index (Phi) is 4.06. The van der Waals surface area contributed by atoms with E-state index in [-0.39, 0.29) is 0 Å². The molecule has 1 radical (unpaired) electrons. The predicted molar refractivity (Wildman–Crippen MR) is 26.8 cm³/mol. The number of rotatable bonds is 2. The molecule has 0 rings (SSSR count). The normalized spacial score (nSPS) is 10.0. The average Bonchev–Trinajstić information content (AvgIpc) is 1.35. The monoisotopic (exact) mass is 127 g/mol. The maximum Gasteiger partial charge on any atom is 0.206 e. The number of halogens is 2. The van der Waals surface area contributed by atoms with Crippen molar-refractivity contribution in [2.45, 2.75) is 5.02 Å². The highest BCUT2D eigenvalue weighted by Gasteiger charge is 1.90. The number of alkyl halides is 2. The molecule has 6 heavy (non-hydrogen) atoms. The molecular weight excluding hydrogens is 123 g/mol. The summed E-state index contributed by atoms with van der Waals surface area (Å²) in [6.07, 6.45) is 0. The molecule has 0 saturated heterocycles. The van der Waals surface area contributed by atoms with Crippen LogP contribution in [0.1, 0.15) is 0 Å². The Morgan fingerprint density at radius 1 is 1.67 bits per heavy atom. The van der Waals surface area contributed by atoms with Crippen molar-refractivity contribution in [3.63, 3.8) is 0 Å². The first-order valence-electron chi connectivity index (χ1n) is 1.46. The van der Waals surface area contributed by atoms with Gasteiger partial charge in [0.1, 0.15) is 0 Å². The molecule has 0 aliphatic carbocycles. The van der Waals surface area contributed by atoms with E-state index in [4.69, 9.17) is 23.2 Å². The van der Waals surface area contributed by atoms with Crippen molar-refractivity contribution >= 4 is 23.2 Å². The third kappa shape index (κ3) is 4.54. The standard InChI is InChI=1S/C3H5Cl2O/c1-2-6-3(4)5/h3H,1-2H2. The second-order valence-electron chi connectivity index (χ2n) is 0.631. The fourth-order valence-electron chi connectivity index (χ4n) is 0.0891. The molecule has 0 aliphatic heterocycles. The van der Waals surface area contributed by atoms with Crippen molar-refractivity contribution in [1.29, 1.82) is 0 Å². The minimum Gasteiger partial charge on any atom is -0.349 e. The van der Waals surface area contributed by atoms with Gasteiger partial charge in [0.15, 0.2) is 0 Å². The summed E-state index contributed by atoms with van der Waals surface area (Å²) in [6.45, 7) is 3.65. The van der Waals surface area contributed by atoms with Crippen LogP contribution in [-0.4, -0.2) is 11.6 Å². The third-order valence-corrected chi connectivity index (χ3v) is 0.496. The second-order valence-corrected chi connectivity index (χ2v) is 1.65. The van der Waals surface area contributed by atoms with Gasteiger partial charge in [-0.1, -0.05) is 23.2 Å². The van der Waals surface area contributed by atoms with Crippen LogP contribution in [0.15, 0.2) is 0 Å². The first-order chi connectivity index (χ1) is 2.77. The van der Waals surface area contributed by atoms with E-state index in [0.29, 0.717) is 6.61 Å². The second kappa shape index (κ2) is 3.72. The number of hydrogen-bond donors (Lipinski definition) is 0. The lowest BCUT2D eigenvalue weighted by molar-refractivity contribution is 0.184. The molecule has 0 atom stereocenters. The summed E-state index contributed by atoms with van der Waals surface area (Å²) in [5.74, 6) is 0. The van der Waals surface area contributed by atoms with Gasteiger partial charge < -0.3 is 4.74 Å². The van der Waals surface area contributed by atoms with Crippen molar-refractivity contribution in [2.75, 3.05) is 6.61 Å². The van der Waals surface area contributed by atoms with Crippen LogP contribution in [-0.2, 0) is 4.74 Å². The Balaban J connectivity index is 2.63. The van der Waals surface area contributed by atoms with Crippen LogP contribution in [0, 0.1) is 6.92 Å². The Bertz CT molecular complexity index is 30.0. The van der Waals surface area contributed by atoms with Crippen LogP contribution in [0.3, 0.4) is 0 Å². The number of ether oxygens (including phenoxy) is 1. The van der Waals surface area contributed by atoms with E-state index in [1.165, 1.54) is 0 Å². The van der Waals surface area contributed by atoms with Gasteiger partial charge in [-0.25, -0.2) is 0 Å². The van der Waals surface area contributed by atoms with Gasteiger partial charge in [-0.15, -0.1) is 0 Å². The van der Waals surface area contributed by atoms with Gasteiger partial charge in [0.05, 0.1) is 0 Å². The van der Waals surface area contributed by atoms with E-state index in [1.807, 2.05) is 0 Å². The molecule has 0 aliphatic rings. The summed E-state index contributed by atoms with van der Waals surface area (Å²) in [7, 11) is 0. The van der Waals surface area contributed by atoms with Crippen LogP contribution in [0.5, 0.6) is 0 Å². The summed E-state index contributed by atoms with van der Waals surface area (Å²) < 4.78 is 4.46. The lowest BCUT2D eigenvalue weighted by Gasteiger charge is -1.95. The van der Waals surface area contributed by atoms with Crippen LogP contribution >= 0.6 is 23.2 Å². The summed E-state index contributed by atoms with van der Waals surface area (Å²) >= 11 is 10.2. The zero-order valence-electron chi connectivity index (χ0n) is 3.16. The Labute approximate surface area is 47.2 Å².